The topological polar surface area (TPSA) is 96.0 Å². The number of amides is 2. The standard InChI is InChI=1S/C35H37Cl2N3O5S/c1-4-25(2)38-35(42)33(21-26-11-7-5-8-12-26)39(23-27-15-16-28(36)22-32(27)37)34(41)24-40(29-13-9-6-10-14-29)46(43,44)31-19-17-30(45-3)18-20-31/h5-20,22,25,33H,4,21,23-24H2,1-3H3,(H,38,42)/t25-,33+/m1/s1. The molecule has 46 heavy (non-hydrogen) atoms. The zero-order valence-electron chi connectivity index (χ0n) is 25.9. The Bertz CT molecular complexity index is 1720. The molecule has 0 unspecified atom stereocenters. The number of ether oxygens (including phenoxy) is 1. The van der Waals surface area contributed by atoms with Gasteiger partial charge in [0.15, 0.2) is 0 Å². The molecule has 0 spiro atoms. The molecule has 8 nitrogen and oxygen atoms in total. The first-order chi connectivity index (χ1) is 22.0. The van der Waals surface area contributed by atoms with Gasteiger partial charge in [-0.3, -0.25) is 13.9 Å². The fourth-order valence-corrected chi connectivity index (χ4v) is 6.71. The third-order valence-corrected chi connectivity index (χ3v) is 9.97. The Kier molecular flexibility index (Phi) is 12.1. The number of rotatable bonds is 14. The number of para-hydroxylation sites is 1. The zero-order valence-corrected chi connectivity index (χ0v) is 28.2. The van der Waals surface area contributed by atoms with E-state index in [-0.39, 0.29) is 29.8 Å². The van der Waals surface area contributed by atoms with Gasteiger partial charge in [-0.2, -0.15) is 0 Å². The molecule has 0 aliphatic carbocycles. The van der Waals surface area contributed by atoms with E-state index in [2.05, 4.69) is 5.32 Å². The molecule has 4 rings (SSSR count). The minimum Gasteiger partial charge on any atom is -0.497 e. The number of nitrogens with one attached hydrogen (secondary N) is 1. The van der Waals surface area contributed by atoms with E-state index in [1.165, 1.54) is 24.1 Å². The van der Waals surface area contributed by atoms with E-state index in [0.29, 0.717) is 33.5 Å². The third kappa shape index (κ3) is 8.81. The van der Waals surface area contributed by atoms with Crippen molar-refractivity contribution >= 4 is 50.7 Å². The van der Waals surface area contributed by atoms with Crippen molar-refractivity contribution in [2.24, 2.45) is 0 Å². The van der Waals surface area contributed by atoms with Crippen molar-refractivity contribution in [2.75, 3.05) is 18.0 Å². The van der Waals surface area contributed by atoms with Gasteiger partial charge in [-0.25, -0.2) is 8.42 Å². The zero-order chi connectivity index (χ0) is 33.3. The number of benzene rings is 4. The maximum atomic E-state index is 14.5. The summed E-state index contributed by atoms with van der Waals surface area (Å²) in [5.41, 5.74) is 1.68. The normalized spacial score (nSPS) is 12.5. The monoisotopic (exact) mass is 681 g/mol. The van der Waals surface area contributed by atoms with Crippen molar-refractivity contribution in [2.45, 2.75) is 50.2 Å². The van der Waals surface area contributed by atoms with Crippen LogP contribution in [-0.2, 0) is 32.6 Å². The van der Waals surface area contributed by atoms with Gasteiger partial charge >= 0.3 is 0 Å². The van der Waals surface area contributed by atoms with E-state index in [1.54, 1.807) is 60.7 Å². The predicted molar refractivity (Wildman–Crippen MR) is 183 cm³/mol. The molecule has 11 heteroatoms. The highest BCUT2D eigenvalue weighted by Crippen LogP contribution is 2.28. The van der Waals surface area contributed by atoms with Gasteiger partial charge in [0, 0.05) is 29.1 Å². The molecule has 4 aromatic rings. The Labute approximate surface area is 280 Å². The number of carbonyl (C=O) groups is 2. The Morgan fingerprint density at radius 3 is 2.11 bits per heavy atom. The Hall–Kier alpha value is -4.05. The van der Waals surface area contributed by atoms with E-state index >= 15 is 0 Å². The molecule has 4 aromatic carbocycles. The summed E-state index contributed by atoms with van der Waals surface area (Å²) in [6.07, 6.45) is 0.874. The highest BCUT2D eigenvalue weighted by Gasteiger charge is 2.35. The summed E-state index contributed by atoms with van der Waals surface area (Å²) in [5, 5.41) is 3.75. The quantitative estimate of drug-likeness (QED) is 0.159. The molecular formula is C35H37Cl2N3O5S. The number of carbonyl (C=O) groups excluding carboxylic acids is 2. The van der Waals surface area contributed by atoms with Gasteiger partial charge in [-0.1, -0.05) is 84.7 Å². The predicted octanol–water partition coefficient (Wildman–Crippen LogP) is 6.75. The minimum absolute atomic E-state index is 0.0207. The summed E-state index contributed by atoms with van der Waals surface area (Å²) < 4.78 is 34.5. The summed E-state index contributed by atoms with van der Waals surface area (Å²) in [5.74, 6) is -0.462. The average Bonchev–Trinajstić information content (AvgIpc) is 3.06. The first kappa shape index (κ1) is 34.8. The second-order valence-corrected chi connectivity index (χ2v) is 13.5. The van der Waals surface area contributed by atoms with Crippen LogP contribution in [-0.4, -0.2) is 50.9 Å². The number of nitrogens with zero attached hydrogens (tertiary/aromatic N) is 2. The molecule has 0 saturated carbocycles. The third-order valence-electron chi connectivity index (χ3n) is 7.60. The summed E-state index contributed by atoms with van der Waals surface area (Å²) in [4.78, 5) is 29.8. The number of hydrogen-bond acceptors (Lipinski definition) is 5. The lowest BCUT2D eigenvalue weighted by molar-refractivity contribution is -0.140. The van der Waals surface area contributed by atoms with Crippen molar-refractivity contribution in [3.05, 3.63) is 124 Å². The maximum absolute atomic E-state index is 14.5. The largest absolute Gasteiger partial charge is 0.497 e. The first-order valence-electron chi connectivity index (χ1n) is 14.8. The van der Waals surface area contributed by atoms with Crippen molar-refractivity contribution in [1.82, 2.24) is 10.2 Å². The molecule has 0 radical (unpaired) electrons. The van der Waals surface area contributed by atoms with Crippen LogP contribution in [0.25, 0.3) is 0 Å². The highest BCUT2D eigenvalue weighted by molar-refractivity contribution is 7.92. The van der Waals surface area contributed by atoms with Gasteiger partial charge in [0.1, 0.15) is 18.3 Å². The van der Waals surface area contributed by atoms with Crippen LogP contribution in [0.2, 0.25) is 10.0 Å². The van der Waals surface area contributed by atoms with Crippen LogP contribution in [0.1, 0.15) is 31.4 Å². The van der Waals surface area contributed by atoms with Crippen molar-refractivity contribution < 1.29 is 22.7 Å². The van der Waals surface area contributed by atoms with Gasteiger partial charge in [0.25, 0.3) is 10.0 Å². The molecule has 0 saturated heterocycles. The SMILES string of the molecule is CC[C@@H](C)NC(=O)[C@H](Cc1ccccc1)N(Cc1ccc(Cl)cc1Cl)C(=O)CN(c1ccccc1)S(=O)(=O)c1ccc(OC)cc1. The molecule has 0 aromatic heterocycles. The van der Waals surface area contributed by atoms with Crippen molar-refractivity contribution in [3.63, 3.8) is 0 Å². The minimum atomic E-state index is -4.24. The Balaban J connectivity index is 1.81. The van der Waals surface area contributed by atoms with Crippen LogP contribution in [0.4, 0.5) is 5.69 Å². The lowest BCUT2D eigenvalue weighted by Gasteiger charge is -2.34. The van der Waals surface area contributed by atoms with Crippen LogP contribution in [0, 0.1) is 0 Å². The number of hydrogen-bond donors (Lipinski definition) is 1. The van der Waals surface area contributed by atoms with E-state index in [9.17, 15) is 18.0 Å². The van der Waals surface area contributed by atoms with Crippen LogP contribution in [0.15, 0.2) is 108 Å². The van der Waals surface area contributed by atoms with Crippen molar-refractivity contribution in [3.8, 4) is 5.75 Å². The molecular weight excluding hydrogens is 645 g/mol. The van der Waals surface area contributed by atoms with Crippen LogP contribution in [0.5, 0.6) is 5.75 Å². The second kappa shape index (κ2) is 16.0. The van der Waals surface area contributed by atoms with Gasteiger partial charge in [-0.15, -0.1) is 0 Å². The molecule has 242 valence electrons. The lowest BCUT2D eigenvalue weighted by atomic mass is 10.0. The van der Waals surface area contributed by atoms with E-state index in [1.807, 2.05) is 44.2 Å². The number of sulfonamides is 1. The Morgan fingerprint density at radius 2 is 1.52 bits per heavy atom. The molecule has 0 aliphatic heterocycles. The summed E-state index contributed by atoms with van der Waals surface area (Å²) in [6.45, 7) is 3.20. The average molecular weight is 683 g/mol. The van der Waals surface area contributed by atoms with Crippen LogP contribution < -0.4 is 14.4 Å². The molecule has 0 fully saturated rings. The van der Waals surface area contributed by atoms with E-state index in [0.717, 1.165) is 9.87 Å². The summed E-state index contributed by atoms with van der Waals surface area (Å²) in [6, 6.07) is 27.4. The lowest BCUT2D eigenvalue weighted by Crippen LogP contribution is -2.54. The summed E-state index contributed by atoms with van der Waals surface area (Å²) in [7, 11) is -2.75. The highest BCUT2D eigenvalue weighted by atomic mass is 35.5. The van der Waals surface area contributed by atoms with Gasteiger partial charge in [-0.05, 0) is 73.0 Å². The fraction of sp³-hybridized carbons (Fsp3) is 0.257. The van der Waals surface area contributed by atoms with E-state index in [4.69, 9.17) is 27.9 Å². The molecule has 2 atom stereocenters. The van der Waals surface area contributed by atoms with Crippen molar-refractivity contribution in [1.29, 1.82) is 0 Å². The van der Waals surface area contributed by atoms with Gasteiger partial charge in [0.05, 0.1) is 17.7 Å². The number of halogens is 2. The smallest absolute Gasteiger partial charge is 0.264 e. The van der Waals surface area contributed by atoms with Crippen LogP contribution in [0.3, 0.4) is 0 Å². The molecule has 1 N–H and O–H groups in total. The maximum Gasteiger partial charge on any atom is 0.264 e. The first-order valence-corrected chi connectivity index (χ1v) is 17.0. The van der Waals surface area contributed by atoms with Gasteiger partial charge in [0.2, 0.25) is 11.8 Å². The van der Waals surface area contributed by atoms with E-state index < -0.39 is 28.5 Å². The number of methoxy groups -OCH3 is 1. The molecule has 0 aliphatic rings. The number of anilines is 1. The van der Waals surface area contributed by atoms with Crippen LogP contribution >= 0.6 is 23.2 Å². The van der Waals surface area contributed by atoms with Gasteiger partial charge < -0.3 is 15.0 Å². The second-order valence-electron chi connectivity index (χ2n) is 10.8. The summed E-state index contributed by atoms with van der Waals surface area (Å²) >= 11 is 12.7. The molecule has 0 heterocycles. The fourth-order valence-electron chi connectivity index (χ4n) is 4.83. The Morgan fingerprint density at radius 1 is 0.891 bits per heavy atom. The molecule has 0 bridgehead atoms. The molecule has 2 amide bonds.